The molecule has 0 aliphatic carbocycles. The molecule has 0 spiro atoms. The third-order valence-corrected chi connectivity index (χ3v) is 4.06. The first-order chi connectivity index (χ1) is 10.5. The van der Waals surface area contributed by atoms with Gasteiger partial charge < -0.3 is 0 Å². The highest BCUT2D eigenvalue weighted by Crippen LogP contribution is 2.25. The topological polar surface area (TPSA) is 57.0 Å². The Balaban J connectivity index is 2.21. The molecule has 4 nitrogen and oxygen atoms in total. The van der Waals surface area contributed by atoms with Crippen LogP contribution < -0.4 is 4.90 Å². The molecule has 2 rings (SSSR count). The van der Waals surface area contributed by atoms with Crippen LogP contribution in [0.5, 0.6) is 0 Å². The van der Waals surface area contributed by atoms with Crippen molar-refractivity contribution in [3.8, 4) is 6.07 Å². The summed E-state index contributed by atoms with van der Waals surface area (Å²) in [5, 5.41) is 9.82. The first-order valence-corrected chi connectivity index (χ1v) is 7.99. The number of rotatable bonds is 5. The zero-order chi connectivity index (χ0) is 16.1. The van der Waals surface area contributed by atoms with Crippen molar-refractivity contribution < 1.29 is 4.79 Å². The van der Waals surface area contributed by atoms with Gasteiger partial charge in [-0.25, -0.2) is 0 Å². The molecule has 5 heteroatoms. The van der Waals surface area contributed by atoms with Gasteiger partial charge >= 0.3 is 0 Å². The highest BCUT2D eigenvalue weighted by Gasteiger charge is 2.16. The van der Waals surface area contributed by atoms with Gasteiger partial charge in [0.05, 0.1) is 23.9 Å². The fourth-order valence-corrected chi connectivity index (χ4v) is 3.03. The van der Waals surface area contributed by atoms with Crippen LogP contribution in [-0.2, 0) is 17.8 Å². The summed E-state index contributed by atoms with van der Waals surface area (Å²) in [4.78, 5) is 13.7. The minimum absolute atomic E-state index is 0.0258. The maximum absolute atomic E-state index is 12.0. The Labute approximate surface area is 135 Å². The van der Waals surface area contributed by atoms with Crippen molar-refractivity contribution in [2.24, 2.45) is 5.92 Å². The van der Waals surface area contributed by atoms with Crippen molar-refractivity contribution in [3.63, 3.8) is 0 Å². The minimum Gasteiger partial charge on any atom is -0.298 e. The Kier molecular flexibility index (Phi) is 5.29. The normalized spacial score (nSPS) is 10.5. The number of benzene rings is 1. The molecule has 0 unspecified atom stereocenters. The number of nitrogens with zero attached hydrogens (tertiary/aromatic N) is 3. The lowest BCUT2D eigenvalue weighted by molar-refractivity contribution is -0.116. The summed E-state index contributed by atoms with van der Waals surface area (Å²) >= 11 is 1.35. The molecule has 0 saturated heterocycles. The van der Waals surface area contributed by atoms with E-state index < -0.39 is 0 Å². The first kappa shape index (κ1) is 16.2. The second-order valence-electron chi connectivity index (χ2n) is 5.67. The van der Waals surface area contributed by atoms with Gasteiger partial charge in [0, 0.05) is 6.92 Å². The Morgan fingerprint density at radius 1 is 1.41 bits per heavy atom. The summed E-state index contributed by atoms with van der Waals surface area (Å²) in [5.74, 6) is 0.509. The van der Waals surface area contributed by atoms with Gasteiger partial charge in [0.25, 0.3) is 0 Å². The van der Waals surface area contributed by atoms with Gasteiger partial charge in [-0.2, -0.15) is 9.64 Å². The third kappa shape index (κ3) is 4.15. The summed E-state index contributed by atoms with van der Waals surface area (Å²) < 4.78 is 4.43. The van der Waals surface area contributed by atoms with E-state index >= 15 is 0 Å². The number of nitriles is 1. The lowest BCUT2D eigenvalue weighted by atomic mass is 10.1. The number of hydrogen-bond acceptors (Lipinski definition) is 4. The van der Waals surface area contributed by atoms with Gasteiger partial charge in [-0.05, 0) is 47.6 Å². The second kappa shape index (κ2) is 7.19. The number of aromatic nitrogens is 1. The molecule has 114 valence electrons. The van der Waals surface area contributed by atoms with Crippen molar-refractivity contribution >= 4 is 22.4 Å². The van der Waals surface area contributed by atoms with Crippen LogP contribution in [0.2, 0.25) is 0 Å². The molecule has 0 saturated carbocycles. The summed E-state index contributed by atoms with van der Waals surface area (Å²) in [6, 6.07) is 11.4. The molecule has 0 aliphatic heterocycles. The van der Waals surface area contributed by atoms with E-state index in [2.05, 4.69) is 24.3 Å². The average molecular weight is 313 g/mol. The number of hydrogen-bond donors (Lipinski definition) is 0. The van der Waals surface area contributed by atoms with Crippen LogP contribution in [0.25, 0.3) is 0 Å². The van der Waals surface area contributed by atoms with Crippen LogP contribution in [-0.4, -0.2) is 10.3 Å². The highest BCUT2D eigenvalue weighted by atomic mass is 32.1. The van der Waals surface area contributed by atoms with E-state index in [1.165, 1.54) is 11.5 Å². The maximum atomic E-state index is 12.0. The predicted octanol–water partition coefficient (Wildman–Crippen LogP) is 3.77. The maximum Gasteiger partial charge on any atom is 0.224 e. The molecule has 0 bridgehead atoms. The third-order valence-electron chi connectivity index (χ3n) is 3.21. The Bertz CT molecular complexity index is 700. The van der Waals surface area contributed by atoms with E-state index in [0.29, 0.717) is 18.0 Å². The summed E-state index contributed by atoms with van der Waals surface area (Å²) in [7, 11) is 0. The Morgan fingerprint density at radius 2 is 2.18 bits per heavy atom. The fraction of sp³-hybridized carbons (Fsp3) is 0.353. The lowest BCUT2D eigenvalue weighted by Gasteiger charge is -2.18. The van der Waals surface area contributed by atoms with Gasteiger partial charge in [-0.15, -0.1) is 0 Å². The molecular weight excluding hydrogens is 294 g/mol. The van der Waals surface area contributed by atoms with Gasteiger partial charge in [-0.1, -0.05) is 26.0 Å². The van der Waals surface area contributed by atoms with Crippen molar-refractivity contribution in [1.29, 1.82) is 5.26 Å². The number of carbonyl (C=O) groups excluding carboxylic acids is 1. The molecule has 0 N–H and O–H groups in total. The van der Waals surface area contributed by atoms with E-state index in [4.69, 9.17) is 5.26 Å². The highest BCUT2D eigenvalue weighted by molar-refractivity contribution is 7.10. The van der Waals surface area contributed by atoms with E-state index in [9.17, 15) is 4.79 Å². The predicted molar refractivity (Wildman–Crippen MR) is 88.7 cm³/mol. The molecule has 1 aromatic carbocycles. The minimum atomic E-state index is -0.0258. The molecule has 0 aliphatic rings. The lowest BCUT2D eigenvalue weighted by Crippen LogP contribution is -2.26. The summed E-state index contributed by atoms with van der Waals surface area (Å²) in [5.41, 5.74) is 2.56. The number of carbonyl (C=O) groups is 1. The smallest absolute Gasteiger partial charge is 0.224 e. The molecule has 1 amide bonds. The second-order valence-corrected chi connectivity index (χ2v) is 6.46. The van der Waals surface area contributed by atoms with Crippen molar-refractivity contribution in [2.75, 3.05) is 4.90 Å². The van der Waals surface area contributed by atoms with Crippen LogP contribution >= 0.6 is 11.5 Å². The van der Waals surface area contributed by atoms with Crippen LogP contribution in [0, 0.1) is 17.2 Å². The van der Waals surface area contributed by atoms with E-state index in [1.54, 1.807) is 17.9 Å². The van der Waals surface area contributed by atoms with Gasteiger partial charge in [0.15, 0.2) is 0 Å². The van der Waals surface area contributed by atoms with Crippen molar-refractivity contribution in [3.05, 3.63) is 47.2 Å². The van der Waals surface area contributed by atoms with Crippen molar-refractivity contribution in [1.82, 2.24) is 4.37 Å². The zero-order valence-electron chi connectivity index (χ0n) is 13.0. The molecule has 2 aromatic rings. The van der Waals surface area contributed by atoms with Crippen LogP contribution in [0.1, 0.15) is 37.6 Å². The SMILES string of the molecule is CC(=O)N(Cc1cccc(C#N)c1)c1cc(CC(C)C)ns1. The molecule has 1 aromatic heterocycles. The molecule has 22 heavy (non-hydrogen) atoms. The fourth-order valence-electron chi connectivity index (χ4n) is 2.21. The van der Waals surface area contributed by atoms with Gasteiger partial charge in [0.2, 0.25) is 5.91 Å². The summed E-state index contributed by atoms with van der Waals surface area (Å²) in [6.45, 7) is 6.30. The van der Waals surface area contributed by atoms with Crippen LogP contribution in [0.3, 0.4) is 0 Å². The van der Waals surface area contributed by atoms with E-state index in [1.807, 2.05) is 24.3 Å². The molecule has 0 atom stereocenters. The molecule has 1 heterocycles. The van der Waals surface area contributed by atoms with Crippen LogP contribution in [0.15, 0.2) is 30.3 Å². The van der Waals surface area contributed by atoms with Gasteiger partial charge in [0.1, 0.15) is 5.00 Å². The van der Waals surface area contributed by atoms with E-state index in [0.717, 1.165) is 22.7 Å². The van der Waals surface area contributed by atoms with Crippen molar-refractivity contribution in [2.45, 2.75) is 33.7 Å². The molecule has 0 radical (unpaired) electrons. The average Bonchev–Trinajstić information content (AvgIpc) is 2.92. The quantitative estimate of drug-likeness (QED) is 0.844. The molecular formula is C17H19N3OS. The molecule has 0 fully saturated rings. The first-order valence-electron chi connectivity index (χ1n) is 7.22. The number of amides is 1. The Morgan fingerprint density at radius 3 is 2.82 bits per heavy atom. The summed E-state index contributed by atoms with van der Waals surface area (Å²) in [6.07, 6.45) is 0.909. The van der Waals surface area contributed by atoms with Crippen LogP contribution in [0.4, 0.5) is 5.00 Å². The zero-order valence-corrected chi connectivity index (χ0v) is 13.9. The largest absolute Gasteiger partial charge is 0.298 e. The van der Waals surface area contributed by atoms with E-state index in [-0.39, 0.29) is 5.91 Å². The Hall–Kier alpha value is -2.19. The van der Waals surface area contributed by atoms with Gasteiger partial charge in [-0.3, -0.25) is 9.69 Å². The standard InChI is InChI=1S/C17H19N3OS/c1-12(2)7-16-9-17(22-19-16)20(13(3)21)11-15-6-4-5-14(8-15)10-18/h4-6,8-9,12H,7,11H2,1-3H3. The monoisotopic (exact) mass is 313 g/mol. The number of anilines is 1.